The molecular weight excluding hydrogens is 228 g/mol. The van der Waals surface area contributed by atoms with Gasteiger partial charge in [-0.25, -0.2) is 0 Å². The van der Waals surface area contributed by atoms with Crippen LogP contribution in [-0.2, 0) is 13.0 Å². The lowest BCUT2D eigenvalue weighted by atomic mass is 10.1. The van der Waals surface area contributed by atoms with Crippen LogP contribution in [0.15, 0.2) is 42.6 Å². The van der Waals surface area contributed by atoms with Crippen molar-refractivity contribution in [1.29, 1.82) is 0 Å². The Labute approximate surface area is 106 Å². The highest BCUT2D eigenvalue weighted by molar-refractivity contribution is 5.32. The van der Waals surface area contributed by atoms with E-state index >= 15 is 0 Å². The number of aromatic nitrogens is 1. The number of aliphatic hydroxyl groups is 1. The molecule has 1 aromatic heterocycles. The molecule has 3 N–H and O–H groups in total. The van der Waals surface area contributed by atoms with Crippen LogP contribution in [-0.4, -0.2) is 16.7 Å². The number of ether oxygens (including phenoxy) is 1. The van der Waals surface area contributed by atoms with E-state index in [2.05, 4.69) is 4.98 Å². The van der Waals surface area contributed by atoms with E-state index in [4.69, 9.17) is 15.6 Å². The van der Waals surface area contributed by atoms with E-state index in [1.54, 1.807) is 6.20 Å². The van der Waals surface area contributed by atoms with Crippen molar-refractivity contribution < 1.29 is 9.84 Å². The molecule has 0 aliphatic carbocycles. The Morgan fingerprint density at radius 3 is 2.33 bits per heavy atom. The monoisotopic (exact) mass is 244 g/mol. The Kier molecular flexibility index (Phi) is 4.28. The molecule has 0 bridgehead atoms. The van der Waals surface area contributed by atoms with Gasteiger partial charge in [0.05, 0.1) is 11.9 Å². The number of benzene rings is 1. The van der Waals surface area contributed by atoms with Crippen LogP contribution >= 0.6 is 0 Å². The Balaban J connectivity index is 2.03. The topological polar surface area (TPSA) is 68.4 Å². The molecule has 0 radical (unpaired) electrons. The summed E-state index contributed by atoms with van der Waals surface area (Å²) in [6, 6.07) is 11.3. The summed E-state index contributed by atoms with van der Waals surface area (Å²) in [6.07, 6.45) is 2.32. The van der Waals surface area contributed by atoms with E-state index in [0.717, 1.165) is 17.0 Å². The van der Waals surface area contributed by atoms with E-state index in [1.807, 2.05) is 36.4 Å². The number of nitrogens with zero attached hydrogens (tertiary/aromatic N) is 1. The lowest BCUT2D eigenvalue weighted by Crippen LogP contribution is -1.98. The molecule has 1 aromatic carbocycles. The maximum Gasteiger partial charge on any atom is 0.145 e. The fourth-order valence-electron chi connectivity index (χ4n) is 1.58. The second kappa shape index (κ2) is 6.14. The largest absolute Gasteiger partial charge is 0.456 e. The van der Waals surface area contributed by atoms with Gasteiger partial charge in [-0.05, 0) is 36.2 Å². The Hall–Kier alpha value is -1.91. The molecule has 2 rings (SSSR count). The third-order valence-electron chi connectivity index (χ3n) is 2.57. The van der Waals surface area contributed by atoms with E-state index in [-0.39, 0.29) is 6.61 Å². The molecule has 0 aliphatic heterocycles. The molecule has 0 saturated heterocycles. The lowest BCUT2D eigenvalue weighted by Gasteiger charge is -2.06. The number of aliphatic hydroxyl groups excluding tert-OH is 1. The van der Waals surface area contributed by atoms with Crippen LogP contribution in [0.4, 0.5) is 0 Å². The summed E-state index contributed by atoms with van der Waals surface area (Å²) in [5.74, 6) is 1.43. The van der Waals surface area contributed by atoms with Crippen LogP contribution in [0.3, 0.4) is 0 Å². The van der Waals surface area contributed by atoms with Crippen LogP contribution in [0.1, 0.15) is 11.3 Å². The normalized spacial score (nSPS) is 10.3. The van der Waals surface area contributed by atoms with Crippen molar-refractivity contribution in [2.75, 3.05) is 6.61 Å². The number of pyridine rings is 1. The number of nitrogens with two attached hydrogens (primary N) is 1. The molecule has 0 saturated carbocycles. The number of hydrogen-bond donors (Lipinski definition) is 2. The van der Waals surface area contributed by atoms with E-state index < -0.39 is 0 Å². The van der Waals surface area contributed by atoms with Gasteiger partial charge in [-0.2, -0.15) is 0 Å². The molecule has 4 heteroatoms. The van der Waals surface area contributed by atoms with Crippen LogP contribution in [0.25, 0.3) is 0 Å². The van der Waals surface area contributed by atoms with Gasteiger partial charge in [0.15, 0.2) is 0 Å². The molecule has 0 amide bonds. The Bertz CT molecular complexity index is 480. The second-order valence-electron chi connectivity index (χ2n) is 3.91. The standard InChI is InChI=1S/C14H16N2O2/c15-9-12-3-6-14(10-16-12)18-13-4-1-11(2-5-13)7-8-17/h1-6,10,17H,7-9,15H2. The van der Waals surface area contributed by atoms with Crippen molar-refractivity contribution in [3.8, 4) is 11.5 Å². The summed E-state index contributed by atoms with van der Waals surface area (Å²) in [5.41, 5.74) is 7.39. The average molecular weight is 244 g/mol. The van der Waals surface area contributed by atoms with Crippen molar-refractivity contribution in [3.05, 3.63) is 53.9 Å². The van der Waals surface area contributed by atoms with E-state index in [9.17, 15) is 0 Å². The highest BCUT2D eigenvalue weighted by atomic mass is 16.5. The maximum absolute atomic E-state index is 8.82. The van der Waals surface area contributed by atoms with Gasteiger partial charge in [-0.1, -0.05) is 12.1 Å². The van der Waals surface area contributed by atoms with Crippen LogP contribution in [0, 0.1) is 0 Å². The molecule has 4 nitrogen and oxygen atoms in total. The summed E-state index contributed by atoms with van der Waals surface area (Å²) in [7, 11) is 0. The minimum absolute atomic E-state index is 0.157. The zero-order valence-corrected chi connectivity index (χ0v) is 10.0. The third-order valence-corrected chi connectivity index (χ3v) is 2.57. The van der Waals surface area contributed by atoms with Gasteiger partial charge >= 0.3 is 0 Å². The minimum Gasteiger partial charge on any atom is -0.456 e. The first-order valence-electron chi connectivity index (χ1n) is 5.84. The first kappa shape index (κ1) is 12.5. The summed E-state index contributed by atoms with van der Waals surface area (Å²) in [4.78, 5) is 4.16. The van der Waals surface area contributed by atoms with Crippen molar-refractivity contribution in [2.24, 2.45) is 5.73 Å². The first-order valence-corrected chi connectivity index (χ1v) is 5.84. The average Bonchev–Trinajstić information content (AvgIpc) is 2.42. The fraction of sp³-hybridized carbons (Fsp3) is 0.214. The summed E-state index contributed by atoms with van der Waals surface area (Å²) >= 11 is 0. The van der Waals surface area contributed by atoms with Gasteiger partial charge in [0.1, 0.15) is 11.5 Å². The molecule has 0 fully saturated rings. The summed E-state index contributed by atoms with van der Waals surface area (Å²) in [6.45, 7) is 0.584. The van der Waals surface area contributed by atoms with Gasteiger partial charge in [0, 0.05) is 13.2 Å². The Morgan fingerprint density at radius 2 is 1.78 bits per heavy atom. The van der Waals surface area contributed by atoms with E-state index in [1.165, 1.54) is 0 Å². The van der Waals surface area contributed by atoms with Gasteiger partial charge < -0.3 is 15.6 Å². The third kappa shape index (κ3) is 3.29. The van der Waals surface area contributed by atoms with Crippen LogP contribution in [0.5, 0.6) is 11.5 Å². The van der Waals surface area contributed by atoms with Crippen LogP contribution in [0.2, 0.25) is 0 Å². The molecule has 18 heavy (non-hydrogen) atoms. The first-order chi connectivity index (χ1) is 8.81. The second-order valence-corrected chi connectivity index (χ2v) is 3.91. The van der Waals surface area contributed by atoms with Gasteiger partial charge in [-0.15, -0.1) is 0 Å². The van der Waals surface area contributed by atoms with Gasteiger partial charge in [0.2, 0.25) is 0 Å². The van der Waals surface area contributed by atoms with Crippen molar-refractivity contribution in [3.63, 3.8) is 0 Å². The SMILES string of the molecule is NCc1ccc(Oc2ccc(CCO)cc2)cn1. The molecule has 94 valence electrons. The molecule has 0 atom stereocenters. The predicted molar refractivity (Wildman–Crippen MR) is 69.4 cm³/mol. The molecule has 2 aromatic rings. The molecule has 0 unspecified atom stereocenters. The van der Waals surface area contributed by atoms with Crippen molar-refractivity contribution >= 4 is 0 Å². The molecule has 1 heterocycles. The van der Waals surface area contributed by atoms with Crippen molar-refractivity contribution in [1.82, 2.24) is 4.98 Å². The quantitative estimate of drug-likeness (QED) is 0.842. The fourth-order valence-corrected chi connectivity index (χ4v) is 1.58. The maximum atomic E-state index is 8.82. The zero-order valence-electron chi connectivity index (χ0n) is 10.0. The minimum atomic E-state index is 0.157. The molecule has 0 aliphatic rings. The van der Waals surface area contributed by atoms with E-state index in [0.29, 0.717) is 18.7 Å². The zero-order chi connectivity index (χ0) is 12.8. The van der Waals surface area contributed by atoms with Crippen LogP contribution < -0.4 is 10.5 Å². The number of hydrogen-bond acceptors (Lipinski definition) is 4. The lowest BCUT2D eigenvalue weighted by molar-refractivity contribution is 0.299. The molecule has 0 spiro atoms. The summed E-state index contributed by atoms with van der Waals surface area (Å²) < 4.78 is 5.65. The summed E-state index contributed by atoms with van der Waals surface area (Å²) in [5, 5.41) is 8.82. The predicted octanol–water partition coefficient (Wildman–Crippen LogP) is 1.87. The Morgan fingerprint density at radius 1 is 1.06 bits per heavy atom. The van der Waals surface area contributed by atoms with Crippen molar-refractivity contribution in [2.45, 2.75) is 13.0 Å². The highest BCUT2D eigenvalue weighted by Gasteiger charge is 1.99. The number of rotatable bonds is 5. The smallest absolute Gasteiger partial charge is 0.145 e. The highest BCUT2D eigenvalue weighted by Crippen LogP contribution is 2.21. The van der Waals surface area contributed by atoms with Gasteiger partial charge in [-0.3, -0.25) is 4.98 Å². The molecular formula is C14H16N2O2. The van der Waals surface area contributed by atoms with Gasteiger partial charge in [0.25, 0.3) is 0 Å².